The highest BCUT2D eigenvalue weighted by atomic mass is 16.4. The molecule has 1 heterocycles. The van der Waals surface area contributed by atoms with Crippen LogP contribution in [-0.4, -0.2) is 22.0 Å². The number of nitrogens with zero attached hydrogens (tertiary/aromatic N) is 1. The van der Waals surface area contributed by atoms with E-state index in [0.717, 1.165) is 12.0 Å². The molecule has 0 saturated heterocycles. The molecule has 3 rings (SSSR count). The smallest absolute Gasteiger partial charge is 0.307 e. The Morgan fingerprint density at radius 3 is 2.67 bits per heavy atom. The minimum absolute atomic E-state index is 0.00283. The molecule has 2 aliphatic carbocycles. The summed E-state index contributed by atoms with van der Waals surface area (Å²) in [6, 6.07) is 3.54. The van der Waals surface area contributed by atoms with Crippen LogP contribution in [0.4, 0.5) is 0 Å². The summed E-state index contributed by atoms with van der Waals surface area (Å²) in [5.74, 6) is -2.05. The minimum atomic E-state index is -0.874. The monoisotopic (exact) mass is 286 g/mol. The number of rotatable bonds is 4. The second-order valence-electron chi connectivity index (χ2n) is 5.85. The predicted molar refractivity (Wildman–Crippen MR) is 76.1 cm³/mol. The number of aliphatic carboxylic acids is 1. The molecule has 5 nitrogen and oxygen atoms in total. The van der Waals surface area contributed by atoms with E-state index in [0.29, 0.717) is 0 Å². The molecule has 2 aliphatic rings. The van der Waals surface area contributed by atoms with Crippen LogP contribution in [-0.2, 0) is 9.59 Å². The predicted octanol–water partition coefficient (Wildman–Crippen LogP) is 1.78. The highest BCUT2D eigenvalue weighted by molar-refractivity contribution is 5.87. The zero-order valence-electron chi connectivity index (χ0n) is 11.8. The summed E-state index contributed by atoms with van der Waals surface area (Å²) < 4.78 is 0. The number of aromatic nitrogens is 1. The van der Waals surface area contributed by atoms with Crippen molar-refractivity contribution in [3.8, 4) is 0 Å². The quantitative estimate of drug-likeness (QED) is 0.827. The van der Waals surface area contributed by atoms with Crippen molar-refractivity contribution in [1.29, 1.82) is 0 Å². The van der Waals surface area contributed by atoms with Gasteiger partial charge in [-0.3, -0.25) is 14.6 Å². The van der Waals surface area contributed by atoms with E-state index in [1.165, 1.54) is 0 Å². The van der Waals surface area contributed by atoms with Crippen LogP contribution in [0.5, 0.6) is 0 Å². The summed E-state index contributed by atoms with van der Waals surface area (Å²) in [7, 11) is 0. The maximum atomic E-state index is 12.5. The summed E-state index contributed by atoms with van der Waals surface area (Å²) in [6.45, 7) is 1.88. The Morgan fingerprint density at radius 1 is 1.33 bits per heavy atom. The van der Waals surface area contributed by atoms with E-state index in [1.54, 1.807) is 12.4 Å². The third kappa shape index (κ3) is 2.44. The first-order chi connectivity index (χ1) is 10.1. The van der Waals surface area contributed by atoms with Gasteiger partial charge in [0, 0.05) is 12.4 Å². The van der Waals surface area contributed by atoms with Gasteiger partial charge in [0.1, 0.15) is 0 Å². The van der Waals surface area contributed by atoms with Crippen molar-refractivity contribution in [3.05, 3.63) is 42.2 Å². The molecule has 1 amide bonds. The molecule has 110 valence electrons. The second kappa shape index (κ2) is 5.31. The molecule has 2 bridgehead atoms. The minimum Gasteiger partial charge on any atom is -0.481 e. The zero-order valence-corrected chi connectivity index (χ0v) is 11.8. The Morgan fingerprint density at radius 2 is 2.05 bits per heavy atom. The first-order valence-electron chi connectivity index (χ1n) is 7.19. The van der Waals surface area contributed by atoms with Crippen LogP contribution in [0.15, 0.2) is 36.7 Å². The molecule has 1 fully saturated rings. The number of hydrogen-bond donors (Lipinski definition) is 2. The van der Waals surface area contributed by atoms with Crippen molar-refractivity contribution in [1.82, 2.24) is 10.3 Å². The molecule has 0 aromatic carbocycles. The van der Waals surface area contributed by atoms with Crippen LogP contribution >= 0.6 is 0 Å². The van der Waals surface area contributed by atoms with E-state index in [9.17, 15) is 14.7 Å². The fourth-order valence-electron chi connectivity index (χ4n) is 3.54. The summed E-state index contributed by atoms with van der Waals surface area (Å²) in [5.41, 5.74) is 0.913. The number of amides is 1. The second-order valence-corrected chi connectivity index (χ2v) is 5.85. The van der Waals surface area contributed by atoms with Crippen LogP contribution in [0.3, 0.4) is 0 Å². The highest BCUT2D eigenvalue weighted by Gasteiger charge is 2.51. The van der Waals surface area contributed by atoms with Gasteiger partial charge in [-0.05, 0) is 36.8 Å². The van der Waals surface area contributed by atoms with Crippen molar-refractivity contribution in [2.45, 2.75) is 19.4 Å². The number of carboxylic acid groups (broad SMARTS) is 1. The van der Waals surface area contributed by atoms with Gasteiger partial charge in [-0.1, -0.05) is 18.2 Å². The Balaban J connectivity index is 1.73. The molecule has 0 aliphatic heterocycles. The van der Waals surface area contributed by atoms with Crippen LogP contribution in [0.1, 0.15) is 24.9 Å². The van der Waals surface area contributed by atoms with Crippen LogP contribution in [0, 0.1) is 23.7 Å². The average molecular weight is 286 g/mol. The van der Waals surface area contributed by atoms with E-state index in [4.69, 9.17) is 0 Å². The van der Waals surface area contributed by atoms with Gasteiger partial charge in [0.05, 0.1) is 17.9 Å². The first kappa shape index (κ1) is 13.8. The van der Waals surface area contributed by atoms with E-state index in [-0.39, 0.29) is 23.8 Å². The Labute approximate surface area is 123 Å². The fourth-order valence-corrected chi connectivity index (χ4v) is 3.54. The largest absolute Gasteiger partial charge is 0.481 e. The SMILES string of the molecule is C[C@@H](NC(=O)[C@H]1C2C=CC(C2)[C@H]1C(=O)O)c1cccnc1. The molecule has 2 N–H and O–H groups in total. The lowest BCUT2D eigenvalue weighted by Gasteiger charge is -2.25. The molecular formula is C16H18N2O3. The van der Waals surface area contributed by atoms with E-state index >= 15 is 0 Å². The molecular weight excluding hydrogens is 268 g/mol. The van der Waals surface area contributed by atoms with Crippen LogP contribution in [0.2, 0.25) is 0 Å². The number of allylic oxidation sites excluding steroid dienone is 2. The normalized spacial score (nSPS) is 31.1. The summed E-state index contributed by atoms with van der Waals surface area (Å²) in [5, 5.41) is 12.3. The van der Waals surface area contributed by atoms with Crippen molar-refractivity contribution in [2.75, 3.05) is 0 Å². The Bertz CT molecular complexity index is 584. The Kier molecular flexibility index (Phi) is 3.49. The lowest BCUT2D eigenvalue weighted by Crippen LogP contribution is -2.41. The standard InChI is InChI=1S/C16H18N2O3/c1-9(12-3-2-6-17-8-12)18-15(19)13-10-4-5-11(7-10)14(13)16(20)21/h2-6,8-11,13-14H,7H2,1H3,(H,18,19)(H,20,21)/t9-,10?,11?,13+,14-/m1/s1. The van der Waals surface area contributed by atoms with Crippen LogP contribution < -0.4 is 5.32 Å². The number of carboxylic acids is 1. The summed E-state index contributed by atoms with van der Waals surface area (Å²) in [6.07, 6.45) is 8.09. The Hall–Kier alpha value is -2.17. The lowest BCUT2D eigenvalue weighted by molar-refractivity contribution is -0.148. The summed E-state index contributed by atoms with van der Waals surface area (Å²) in [4.78, 5) is 28.0. The fraction of sp³-hybridized carbons (Fsp3) is 0.438. The van der Waals surface area contributed by atoms with Gasteiger partial charge in [-0.15, -0.1) is 0 Å². The third-order valence-corrected chi connectivity index (χ3v) is 4.59. The molecule has 5 atom stereocenters. The number of carbonyl (C=O) groups excluding carboxylic acids is 1. The van der Waals surface area contributed by atoms with Gasteiger partial charge in [-0.2, -0.15) is 0 Å². The van der Waals surface area contributed by atoms with Crippen molar-refractivity contribution in [2.24, 2.45) is 23.7 Å². The average Bonchev–Trinajstić information content (AvgIpc) is 3.08. The molecule has 0 spiro atoms. The number of nitrogens with one attached hydrogen (secondary N) is 1. The first-order valence-corrected chi connectivity index (χ1v) is 7.19. The van der Waals surface area contributed by atoms with E-state index < -0.39 is 17.8 Å². The molecule has 5 heteroatoms. The summed E-state index contributed by atoms with van der Waals surface area (Å²) >= 11 is 0. The van der Waals surface area contributed by atoms with E-state index in [2.05, 4.69) is 10.3 Å². The zero-order chi connectivity index (χ0) is 15.0. The number of carbonyl (C=O) groups is 2. The molecule has 1 saturated carbocycles. The highest BCUT2D eigenvalue weighted by Crippen LogP contribution is 2.48. The maximum absolute atomic E-state index is 12.5. The molecule has 0 radical (unpaired) electrons. The molecule has 21 heavy (non-hydrogen) atoms. The van der Waals surface area contributed by atoms with Crippen molar-refractivity contribution in [3.63, 3.8) is 0 Å². The van der Waals surface area contributed by atoms with Crippen molar-refractivity contribution < 1.29 is 14.7 Å². The molecule has 2 unspecified atom stereocenters. The van der Waals surface area contributed by atoms with Gasteiger partial charge in [0.2, 0.25) is 5.91 Å². The third-order valence-electron chi connectivity index (χ3n) is 4.59. The maximum Gasteiger partial charge on any atom is 0.307 e. The van der Waals surface area contributed by atoms with Gasteiger partial charge in [-0.25, -0.2) is 0 Å². The van der Waals surface area contributed by atoms with Gasteiger partial charge < -0.3 is 10.4 Å². The van der Waals surface area contributed by atoms with Gasteiger partial charge in [0.25, 0.3) is 0 Å². The van der Waals surface area contributed by atoms with Gasteiger partial charge in [0.15, 0.2) is 0 Å². The molecule has 1 aromatic heterocycles. The van der Waals surface area contributed by atoms with E-state index in [1.807, 2.05) is 31.2 Å². The van der Waals surface area contributed by atoms with Crippen LogP contribution in [0.25, 0.3) is 0 Å². The number of fused-ring (bicyclic) bond motifs is 2. The molecule has 1 aromatic rings. The van der Waals surface area contributed by atoms with Gasteiger partial charge >= 0.3 is 5.97 Å². The number of pyridine rings is 1. The topological polar surface area (TPSA) is 79.3 Å². The van der Waals surface area contributed by atoms with Crippen molar-refractivity contribution >= 4 is 11.9 Å². The lowest BCUT2D eigenvalue weighted by atomic mass is 9.82. The number of hydrogen-bond acceptors (Lipinski definition) is 3.